The highest BCUT2D eigenvalue weighted by Crippen LogP contribution is 2.34. The number of aromatic hydroxyl groups is 1. The molecule has 3 rings (SSSR count). The topological polar surface area (TPSA) is 90.3 Å². The molecule has 0 unspecified atom stereocenters. The number of aromatic nitrogens is 1. The average Bonchev–Trinajstić information content (AvgIpc) is 3.00. The van der Waals surface area contributed by atoms with E-state index in [9.17, 15) is 13.9 Å². The van der Waals surface area contributed by atoms with Crippen molar-refractivity contribution in [3.05, 3.63) is 59.2 Å². The number of aryl methyl sites for hydroxylation is 1. The van der Waals surface area contributed by atoms with E-state index in [4.69, 9.17) is 10.1 Å². The van der Waals surface area contributed by atoms with E-state index in [2.05, 4.69) is 15.0 Å². The van der Waals surface area contributed by atoms with E-state index in [-0.39, 0.29) is 23.5 Å². The third-order valence-electron chi connectivity index (χ3n) is 3.93. The van der Waals surface area contributed by atoms with Crippen LogP contribution in [0.25, 0.3) is 0 Å². The summed E-state index contributed by atoms with van der Waals surface area (Å²) >= 11 is 1.04. The summed E-state index contributed by atoms with van der Waals surface area (Å²) in [4.78, 5) is 0. The highest BCUT2D eigenvalue weighted by atomic mass is 32.1. The summed E-state index contributed by atoms with van der Waals surface area (Å²) in [5, 5.41) is 24.8. The van der Waals surface area contributed by atoms with Crippen LogP contribution in [-0.2, 0) is 0 Å². The van der Waals surface area contributed by atoms with Crippen LogP contribution in [0.5, 0.6) is 17.4 Å². The fourth-order valence-corrected chi connectivity index (χ4v) is 3.30. The van der Waals surface area contributed by atoms with Crippen LogP contribution in [0.1, 0.15) is 25.0 Å². The third kappa shape index (κ3) is 4.80. The molecule has 1 heterocycles. The highest BCUT2D eigenvalue weighted by molar-refractivity contribution is 7.11. The van der Waals surface area contributed by atoms with E-state index in [0.717, 1.165) is 34.9 Å². The minimum Gasteiger partial charge on any atom is -0.492 e. The van der Waals surface area contributed by atoms with Crippen LogP contribution in [0.2, 0.25) is 0 Å². The summed E-state index contributed by atoms with van der Waals surface area (Å²) in [5.74, 6) is -1.41. The summed E-state index contributed by atoms with van der Waals surface area (Å²) in [6.07, 6.45) is 0. The Balaban J connectivity index is 1.79. The average molecular weight is 418 g/mol. The minimum absolute atomic E-state index is 0.0316. The lowest BCUT2D eigenvalue weighted by atomic mass is 10.2. The minimum atomic E-state index is -0.979. The second-order valence-corrected chi connectivity index (χ2v) is 7.44. The van der Waals surface area contributed by atoms with Crippen molar-refractivity contribution in [2.45, 2.75) is 26.8 Å². The molecule has 6 nitrogen and oxygen atoms in total. The maximum Gasteiger partial charge on any atom is 0.236 e. The van der Waals surface area contributed by atoms with Crippen molar-refractivity contribution >= 4 is 28.1 Å². The summed E-state index contributed by atoms with van der Waals surface area (Å²) < 4.78 is 35.9. The van der Waals surface area contributed by atoms with E-state index in [1.54, 1.807) is 18.2 Å². The Hall–Kier alpha value is -3.20. The van der Waals surface area contributed by atoms with Crippen LogP contribution >= 0.6 is 11.5 Å². The molecule has 2 aromatic carbocycles. The molecular formula is C20H20F2N4O2S. The van der Waals surface area contributed by atoms with Gasteiger partial charge in [0.1, 0.15) is 27.9 Å². The summed E-state index contributed by atoms with van der Waals surface area (Å²) in [6.45, 7) is 5.64. The van der Waals surface area contributed by atoms with Crippen LogP contribution in [-0.4, -0.2) is 21.4 Å². The molecule has 1 aromatic heterocycles. The largest absolute Gasteiger partial charge is 0.492 e. The summed E-state index contributed by atoms with van der Waals surface area (Å²) in [6, 6.07) is 8.53. The Labute approximate surface area is 170 Å². The zero-order valence-corrected chi connectivity index (χ0v) is 16.8. The highest BCUT2D eigenvalue weighted by Gasteiger charge is 2.19. The number of anilines is 2. The third-order valence-corrected chi connectivity index (χ3v) is 4.68. The van der Waals surface area contributed by atoms with Gasteiger partial charge < -0.3 is 20.5 Å². The Bertz CT molecular complexity index is 1050. The van der Waals surface area contributed by atoms with Gasteiger partial charge in [0.15, 0.2) is 11.6 Å². The fourth-order valence-electron chi connectivity index (χ4n) is 2.59. The number of ether oxygens (including phenoxy) is 1. The van der Waals surface area contributed by atoms with E-state index in [1.165, 1.54) is 6.07 Å². The number of amidine groups is 1. The van der Waals surface area contributed by atoms with E-state index >= 15 is 0 Å². The monoisotopic (exact) mass is 418 g/mol. The van der Waals surface area contributed by atoms with E-state index in [0.29, 0.717) is 16.3 Å². The van der Waals surface area contributed by atoms with Crippen molar-refractivity contribution in [3.63, 3.8) is 0 Å². The number of benzene rings is 2. The van der Waals surface area contributed by atoms with Crippen molar-refractivity contribution in [1.29, 1.82) is 5.41 Å². The van der Waals surface area contributed by atoms with Crippen LogP contribution in [0.3, 0.4) is 0 Å². The van der Waals surface area contributed by atoms with Gasteiger partial charge in [0.2, 0.25) is 5.88 Å². The maximum atomic E-state index is 13.3. The smallest absolute Gasteiger partial charge is 0.236 e. The van der Waals surface area contributed by atoms with Gasteiger partial charge in [-0.15, -0.1) is 0 Å². The molecule has 0 saturated carbocycles. The SMILES string of the molecule is Cc1cc(Oc2ccc(F)c(F)c2)ccc1Nc1snc(O)c1C(=N)NC(C)C. The van der Waals surface area contributed by atoms with Gasteiger partial charge in [0.25, 0.3) is 0 Å². The zero-order chi connectivity index (χ0) is 21.1. The van der Waals surface area contributed by atoms with Gasteiger partial charge in [0, 0.05) is 17.8 Å². The van der Waals surface area contributed by atoms with Gasteiger partial charge >= 0.3 is 0 Å². The molecular weight excluding hydrogens is 398 g/mol. The molecule has 0 spiro atoms. The lowest BCUT2D eigenvalue weighted by Gasteiger charge is -2.14. The summed E-state index contributed by atoms with van der Waals surface area (Å²) in [7, 11) is 0. The Morgan fingerprint density at radius 3 is 2.48 bits per heavy atom. The van der Waals surface area contributed by atoms with Crippen molar-refractivity contribution in [2.75, 3.05) is 5.32 Å². The molecule has 0 aliphatic carbocycles. The number of halogens is 2. The van der Waals surface area contributed by atoms with Gasteiger partial charge in [-0.2, -0.15) is 4.37 Å². The predicted molar refractivity (Wildman–Crippen MR) is 110 cm³/mol. The molecule has 29 heavy (non-hydrogen) atoms. The van der Waals surface area contributed by atoms with E-state index in [1.807, 2.05) is 20.8 Å². The van der Waals surface area contributed by atoms with Gasteiger partial charge in [-0.1, -0.05) is 0 Å². The molecule has 0 saturated heterocycles. The van der Waals surface area contributed by atoms with Crippen LogP contribution in [0, 0.1) is 24.0 Å². The normalized spacial score (nSPS) is 10.8. The lowest BCUT2D eigenvalue weighted by molar-refractivity contribution is 0.458. The first-order chi connectivity index (χ1) is 13.7. The number of hydrogen-bond donors (Lipinski definition) is 4. The second-order valence-electron chi connectivity index (χ2n) is 6.66. The zero-order valence-electron chi connectivity index (χ0n) is 16.0. The molecule has 4 N–H and O–H groups in total. The Morgan fingerprint density at radius 1 is 1.14 bits per heavy atom. The van der Waals surface area contributed by atoms with Gasteiger partial charge in [-0.3, -0.25) is 5.41 Å². The van der Waals surface area contributed by atoms with Gasteiger partial charge in [-0.25, -0.2) is 8.78 Å². The van der Waals surface area contributed by atoms with Crippen LogP contribution in [0.15, 0.2) is 36.4 Å². The summed E-state index contributed by atoms with van der Waals surface area (Å²) in [5.41, 5.74) is 1.84. The molecule has 0 aliphatic rings. The molecule has 0 amide bonds. The predicted octanol–water partition coefficient (Wildman–Crippen LogP) is 5.29. The number of nitrogens with zero attached hydrogens (tertiary/aromatic N) is 1. The lowest BCUT2D eigenvalue weighted by Crippen LogP contribution is -2.30. The molecule has 0 radical (unpaired) electrons. The standard InChI is InChI=1S/C20H20F2N4O2S/c1-10(2)24-18(23)17-19(27)26-29-20(17)25-16-7-5-12(8-11(16)3)28-13-4-6-14(21)15(22)9-13/h4-10,25H,1-3H3,(H2,23,24)(H,26,27). The van der Waals surface area contributed by atoms with Crippen LogP contribution < -0.4 is 15.4 Å². The van der Waals surface area contributed by atoms with Crippen molar-refractivity contribution in [3.8, 4) is 17.4 Å². The number of nitrogens with one attached hydrogen (secondary N) is 3. The molecule has 0 bridgehead atoms. The van der Waals surface area contributed by atoms with Gasteiger partial charge in [0.05, 0.1) is 0 Å². The molecule has 0 atom stereocenters. The molecule has 3 aromatic rings. The van der Waals surface area contributed by atoms with Crippen molar-refractivity contribution in [1.82, 2.24) is 9.69 Å². The molecule has 9 heteroatoms. The number of hydrogen-bond acceptors (Lipinski definition) is 6. The second kappa shape index (κ2) is 8.44. The number of rotatable bonds is 6. The maximum absolute atomic E-state index is 13.3. The molecule has 152 valence electrons. The Kier molecular flexibility index (Phi) is 5.97. The first-order valence-corrected chi connectivity index (χ1v) is 9.56. The quantitative estimate of drug-likeness (QED) is 0.322. The first kappa shape index (κ1) is 20.5. The Morgan fingerprint density at radius 2 is 1.83 bits per heavy atom. The molecule has 0 aliphatic heterocycles. The van der Waals surface area contributed by atoms with Crippen molar-refractivity contribution in [2.24, 2.45) is 0 Å². The van der Waals surface area contributed by atoms with Crippen LogP contribution in [0.4, 0.5) is 19.5 Å². The molecule has 0 fully saturated rings. The van der Waals surface area contributed by atoms with Gasteiger partial charge in [-0.05, 0) is 68.2 Å². The fraction of sp³-hybridized carbons (Fsp3) is 0.200. The first-order valence-electron chi connectivity index (χ1n) is 8.79. The van der Waals surface area contributed by atoms with Crippen molar-refractivity contribution < 1.29 is 18.6 Å². The van der Waals surface area contributed by atoms with E-state index < -0.39 is 11.6 Å².